The number of nitrogens with zero attached hydrogens (tertiary/aromatic N) is 1. The van der Waals surface area contributed by atoms with Crippen LogP contribution in [0.25, 0.3) is 5.57 Å². The third-order valence-corrected chi connectivity index (χ3v) is 5.07. The van der Waals surface area contributed by atoms with Crippen LogP contribution in [0, 0.1) is 6.92 Å². The third kappa shape index (κ3) is 3.75. The number of amides is 2. The Kier molecular flexibility index (Phi) is 5.45. The Labute approximate surface area is 180 Å². The summed E-state index contributed by atoms with van der Waals surface area (Å²) in [6, 6.07) is 21.6. The molecule has 2 amide bonds. The van der Waals surface area contributed by atoms with E-state index in [1.165, 1.54) is 7.11 Å². The second-order valence-electron chi connectivity index (χ2n) is 7.09. The SMILES string of the molecule is COc1cccc(N2C(=O)C(Nc3cc(C)ccc3OC)=C(c3ccccc3)C2=O)c1. The molecule has 1 N–H and O–H groups in total. The largest absolute Gasteiger partial charge is 0.497 e. The lowest BCUT2D eigenvalue weighted by Crippen LogP contribution is -2.32. The average Bonchev–Trinajstić information content (AvgIpc) is 3.04. The summed E-state index contributed by atoms with van der Waals surface area (Å²) in [5.41, 5.74) is 3.20. The molecule has 0 saturated heterocycles. The number of hydrogen-bond acceptors (Lipinski definition) is 5. The van der Waals surface area contributed by atoms with Crippen LogP contribution in [0.1, 0.15) is 11.1 Å². The molecule has 0 bridgehead atoms. The Morgan fingerprint density at radius 3 is 2.29 bits per heavy atom. The molecule has 156 valence electrons. The first-order valence-electron chi connectivity index (χ1n) is 9.77. The van der Waals surface area contributed by atoms with Gasteiger partial charge in [-0.05, 0) is 42.3 Å². The molecule has 0 radical (unpaired) electrons. The summed E-state index contributed by atoms with van der Waals surface area (Å²) in [6.07, 6.45) is 0. The lowest BCUT2D eigenvalue weighted by atomic mass is 10.0. The van der Waals surface area contributed by atoms with Gasteiger partial charge in [-0.15, -0.1) is 0 Å². The van der Waals surface area contributed by atoms with E-state index in [0.717, 1.165) is 10.5 Å². The van der Waals surface area contributed by atoms with Gasteiger partial charge in [0.25, 0.3) is 11.8 Å². The Morgan fingerprint density at radius 1 is 0.806 bits per heavy atom. The Morgan fingerprint density at radius 2 is 1.58 bits per heavy atom. The van der Waals surface area contributed by atoms with E-state index < -0.39 is 11.8 Å². The van der Waals surface area contributed by atoms with Crippen molar-refractivity contribution in [2.45, 2.75) is 6.92 Å². The molecule has 0 atom stereocenters. The maximum Gasteiger partial charge on any atom is 0.282 e. The lowest BCUT2D eigenvalue weighted by Gasteiger charge is -2.17. The smallest absolute Gasteiger partial charge is 0.282 e. The van der Waals surface area contributed by atoms with Crippen LogP contribution in [0.15, 0.2) is 78.5 Å². The summed E-state index contributed by atoms with van der Waals surface area (Å²) in [5, 5.41) is 3.17. The van der Waals surface area contributed by atoms with Crippen molar-refractivity contribution >= 4 is 28.8 Å². The lowest BCUT2D eigenvalue weighted by molar-refractivity contribution is -0.120. The number of methoxy groups -OCH3 is 2. The number of ether oxygens (including phenoxy) is 2. The van der Waals surface area contributed by atoms with E-state index in [0.29, 0.717) is 34.0 Å². The van der Waals surface area contributed by atoms with E-state index in [1.807, 2.05) is 55.5 Å². The fraction of sp³-hybridized carbons (Fsp3) is 0.120. The van der Waals surface area contributed by atoms with E-state index in [1.54, 1.807) is 31.4 Å². The van der Waals surface area contributed by atoms with Gasteiger partial charge in [0.1, 0.15) is 17.2 Å². The van der Waals surface area contributed by atoms with Gasteiger partial charge in [0.15, 0.2) is 0 Å². The van der Waals surface area contributed by atoms with Crippen LogP contribution in [0.3, 0.4) is 0 Å². The summed E-state index contributed by atoms with van der Waals surface area (Å²) in [6.45, 7) is 1.95. The van der Waals surface area contributed by atoms with Gasteiger partial charge < -0.3 is 14.8 Å². The van der Waals surface area contributed by atoms with Gasteiger partial charge >= 0.3 is 0 Å². The molecule has 0 aromatic heterocycles. The van der Waals surface area contributed by atoms with Crippen molar-refractivity contribution in [3.63, 3.8) is 0 Å². The molecule has 1 aliphatic heterocycles. The Bertz CT molecular complexity index is 1190. The van der Waals surface area contributed by atoms with Gasteiger partial charge in [-0.1, -0.05) is 42.5 Å². The third-order valence-electron chi connectivity index (χ3n) is 5.07. The van der Waals surface area contributed by atoms with Crippen LogP contribution in [0.5, 0.6) is 11.5 Å². The van der Waals surface area contributed by atoms with Crippen LogP contribution < -0.4 is 19.7 Å². The van der Waals surface area contributed by atoms with Gasteiger partial charge in [0.2, 0.25) is 0 Å². The highest BCUT2D eigenvalue weighted by Crippen LogP contribution is 2.36. The first-order valence-corrected chi connectivity index (χ1v) is 9.77. The summed E-state index contributed by atoms with van der Waals surface area (Å²) >= 11 is 0. The van der Waals surface area contributed by atoms with E-state index in [-0.39, 0.29) is 5.70 Å². The van der Waals surface area contributed by atoms with Crippen LogP contribution in [0.4, 0.5) is 11.4 Å². The molecule has 3 aromatic carbocycles. The number of carbonyl (C=O) groups excluding carboxylic acids is 2. The first kappa shape index (κ1) is 20.2. The highest BCUT2D eigenvalue weighted by Gasteiger charge is 2.40. The molecule has 1 aliphatic rings. The fourth-order valence-corrected chi connectivity index (χ4v) is 3.56. The summed E-state index contributed by atoms with van der Waals surface area (Å²) in [4.78, 5) is 28.1. The molecule has 1 heterocycles. The number of nitrogens with one attached hydrogen (secondary N) is 1. The number of aryl methyl sites for hydroxylation is 1. The molecule has 4 rings (SSSR count). The maximum absolute atomic E-state index is 13.5. The molecule has 0 fully saturated rings. The molecule has 0 saturated carbocycles. The average molecular weight is 414 g/mol. The second kappa shape index (κ2) is 8.36. The van der Waals surface area contributed by atoms with Gasteiger partial charge in [-0.25, -0.2) is 4.90 Å². The summed E-state index contributed by atoms with van der Waals surface area (Å²) in [5.74, 6) is 0.283. The zero-order valence-electron chi connectivity index (χ0n) is 17.5. The number of rotatable bonds is 6. The molecule has 0 spiro atoms. The topological polar surface area (TPSA) is 67.9 Å². The highest BCUT2D eigenvalue weighted by atomic mass is 16.5. The van der Waals surface area contributed by atoms with Gasteiger partial charge in [-0.2, -0.15) is 0 Å². The van der Waals surface area contributed by atoms with E-state index in [4.69, 9.17) is 9.47 Å². The van der Waals surface area contributed by atoms with E-state index in [2.05, 4.69) is 5.32 Å². The van der Waals surface area contributed by atoms with Gasteiger partial charge in [0, 0.05) is 6.07 Å². The van der Waals surface area contributed by atoms with Crippen molar-refractivity contribution in [2.75, 3.05) is 24.4 Å². The minimum absolute atomic E-state index is 0.197. The predicted molar refractivity (Wildman–Crippen MR) is 120 cm³/mol. The second-order valence-corrected chi connectivity index (χ2v) is 7.09. The van der Waals surface area contributed by atoms with Gasteiger partial charge in [0.05, 0.1) is 31.2 Å². The summed E-state index contributed by atoms with van der Waals surface area (Å²) in [7, 11) is 3.10. The molecular formula is C25H22N2O4. The van der Waals surface area contributed by atoms with Crippen molar-refractivity contribution in [1.29, 1.82) is 0 Å². The highest BCUT2D eigenvalue weighted by molar-refractivity contribution is 6.46. The van der Waals surface area contributed by atoms with Crippen molar-refractivity contribution in [3.05, 3.63) is 89.6 Å². The van der Waals surface area contributed by atoms with E-state index >= 15 is 0 Å². The fourth-order valence-electron chi connectivity index (χ4n) is 3.56. The molecule has 0 aliphatic carbocycles. The minimum atomic E-state index is -0.444. The Balaban J connectivity index is 1.84. The van der Waals surface area contributed by atoms with Crippen LogP contribution in [0.2, 0.25) is 0 Å². The Hall–Kier alpha value is -4.06. The van der Waals surface area contributed by atoms with Crippen LogP contribution >= 0.6 is 0 Å². The number of anilines is 2. The molecule has 3 aromatic rings. The monoisotopic (exact) mass is 414 g/mol. The molecule has 31 heavy (non-hydrogen) atoms. The standard InChI is InChI=1S/C25H22N2O4/c1-16-12-13-21(31-3)20(14-16)26-23-22(17-8-5-4-6-9-17)24(28)27(25(23)29)18-10-7-11-19(15-18)30-2/h4-15,26H,1-3H3. The van der Waals surface area contributed by atoms with Crippen molar-refractivity contribution in [1.82, 2.24) is 0 Å². The summed E-state index contributed by atoms with van der Waals surface area (Å²) < 4.78 is 10.7. The van der Waals surface area contributed by atoms with Crippen LogP contribution in [-0.2, 0) is 9.59 Å². The first-order chi connectivity index (χ1) is 15.0. The van der Waals surface area contributed by atoms with E-state index in [9.17, 15) is 9.59 Å². The number of carbonyl (C=O) groups is 2. The molecule has 6 nitrogen and oxygen atoms in total. The van der Waals surface area contributed by atoms with Crippen LogP contribution in [-0.4, -0.2) is 26.0 Å². The zero-order valence-corrected chi connectivity index (χ0v) is 17.5. The number of benzene rings is 3. The van der Waals surface area contributed by atoms with Crippen molar-refractivity contribution in [2.24, 2.45) is 0 Å². The number of hydrogen-bond donors (Lipinski definition) is 1. The molecule has 6 heteroatoms. The van der Waals surface area contributed by atoms with Gasteiger partial charge in [-0.3, -0.25) is 9.59 Å². The normalized spacial score (nSPS) is 13.6. The van der Waals surface area contributed by atoms with Crippen molar-refractivity contribution in [3.8, 4) is 11.5 Å². The quantitative estimate of drug-likeness (QED) is 0.605. The minimum Gasteiger partial charge on any atom is -0.497 e. The molecular weight excluding hydrogens is 392 g/mol. The zero-order chi connectivity index (χ0) is 22.0. The number of imide groups is 1. The predicted octanol–water partition coefficient (Wildman–Crippen LogP) is 4.41. The molecule has 0 unspecified atom stereocenters. The van der Waals surface area contributed by atoms with Crippen molar-refractivity contribution < 1.29 is 19.1 Å². The maximum atomic E-state index is 13.5.